The third-order valence-electron chi connectivity index (χ3n) is 3.93. The van der Waals surface area contributed by atoms with Crippen molar-refractivity contribution in [2.24, 2.45) is 0 Å². The van der Waals surface area contributed by atoms with Gasteiger partial charge in [-0.1, -0.05) is 6.07 Å². The molecule has 1 aromatic carbocycles. The molecule has 1 aromatic heterocycles. The van der Waals surface area contributed by atoms with E-state index in [-0.39, 0.29) is 23.1 Å². The average Bonchev–Trinajstić information content (AvgIpc) is 3.15. The maximum absolute atomic E-state index is 12.5. The zero-order valence-corrected chi connectivity index (χ0v) is 12.8. The number of amides is 2. The lowest BCUT2D eigenvalue weighted by molar-refractivity contribution is -0.384. The molecule has 0 unspecified atom stereocenters. The molecule has 1 aliphatic rings. The van der Waals surface area contributed by atoms with E-state index in [4.69, 9.17) is 4.42 Å². The fourth-order valence-electron chi connectivity index (χ4n) is 2.62. The largest absolute Gasteiger partial charge is 0.472 e. The Labute approximate surface area is 137 Å². The predicted octanol–water partition coefficient (Wildman–Crippen LogP) is 1.79. The van der Waals surface area contributed by atoms with Crippen LogP contribution in [0.15, 0.2) is 47.3 Å². The van der Waals surface area contributed by atoms with Crippen LogP contribution in [0.1, 0.15) is 20.7 Å². The van der Waals surface area contributed by atoms with E-state index in [0.29, 0.717) is 31.7 Å². The highest BCUT2D eigenvalue weighted by Crippen LogP contribution is 2.16. The van der Waals surface area contributed by atoms with E-state index in [1.807, 2.05) is 0 Å². The molecule has 3 rings (SSSR count). The number of nitro benzene ring substituents is 1. The zero-order valence-electron chi connectivity index (χ0n) is 12.8. The molecule has 0 radical (unpaired) electrons. The number of carbonyl (C=O) groups excluding carboxylic acids is 2. The fourth-order valence-corrected chi connectivity index (χ4v) is 2.62. The Morgan fingerprint density at radius 2 is 1.62 bits per heavy atom. The Morgan fingerprint density at radius 3 is 2.17 bits per heavy atom. The van der Waals surface area contributed by atoms with Crippen molar-refractivity contribution >= 4 is 17.5 Å². The summed E-state index contributed by atoms with van der Waals surface area (Å²) in [4.78, 5) is 38.2. The molecule has 2 heterocycles. The van der Waals surface area contributed by atoms with Crippen LogP contribution in [0.5, 0.6) is 0 Å². The van der Waals surface area contributed by atoms with E-state index in [9.17, 15) is 19.7 Å². The first-order valence-electron chi connectivity index (χ1n) is 7.41. The third kappa shape index (κ3) is 3.12. The van der Waals surface area contributed by atoms with Crippen LogP contribution in [0.25, 0.3) is 0 Å². The van der Waals surface area contributed by atoms with Crippen molar-refractivity contribution in [3.63, 3.8) is 0 Å². The molecule has 0 spiro atoms. The molecule has 0 atom stereocenters. The number of nitrogens with zero attached hydrogens (tertiary/aromatic N) is 3. The van der Waals surface area contributed by atoms with Gasteiger partial charge in [-0.2, -0.15) is 0 Å². The fraction of sp³-hybridized carbons (Fsp3) is 0.250. The molecule has 1 saturated heterocycles. The second-order valence-corrected chi connectivity index (χ2v) is 5.40. The van der Waals surface area contributed by atoms with Crippen molar-refractivity contribution < 1.29 is 18.9 Å². The minimum Gasteiger partial charge on any atom is -0.472 e. The van der Waals surface area contributed by atoms with Crippen LogP contribution in [0.3, 0.4) is 0 Å². The van der Waals surface area contributed by atoms with Crippen molar-refractivity contribution in [1.82, 2.24) is 9.80 Å². The number of hydrogen-bond donors (Lipinski definition) is 0. The predicted molar refractivity (Wildman–Crippen MR) is 83.6 cm³/mol. The summed E-state index contributed by atoms with van der Waals surface area (Å²) >= 11 is 0. The molecule has 1 fully saturated rings. The number of rotatable bonds is 3. The van der Waals surface area contributed by atoms with Gasteiger partial charge in [0.2, 0.25) is 0 Å². The van der Waals surface area contributed by atoms with E-state index >= 15 is 0 Å². The van der Waals surface area contributed by atoms with Crippen LogP contribution < -0.4 is 0 Å². The van der Waals surface area contributed by atoms with Gasteiger partial charge in [-0.05, 0) is 12.1 Å². The smallest absolute Gasteiger partial charge is 0.270 e. The van der Waals surface area contributed by atoms with E-state index < -0.39 is 4.92 Å². The van der Waals surface area contributed by atoms with Gasteiger partial charge in [0.05, 0.1) is 16.7 Å². The number of benzene rings is 1. The molecular weight excluding hydrogens is 314 g/mol. The quantitative estimate of drug-likeness (QED) is 0.631. The monoisotopic (exact) mass is 329 g/mol. The maximum atomic E-state index is 12.5. The van der Waals surface area contributed by atoms with Gasteiger partial charge in [-0.25, -0.2) is 0 Å². The number of piperazine rings is 1. The molecule has 2 aromatic rings. The van der Waals surface area contributed by atoms with Crippen molar-refractivity contribution in [1.29, 1.82) is 0 Å². The van der Waals surface area contributed by atoms with Crippen LogP contribution in [-0.4, -0.2) is 52.7 Å². The minimum absolute atomic E-state index is 0.116. The molecular formula is C16H15N3O5. The topological polar surface area (TPSA) is 96.9 Å². The summed E-state index contributed by atoms with van der Waals surface area (Å²) in [7, 11) is 0. The van der Waals surface area contributed by atoms with Crippen molar-refractivity contribution in [2.75, 3.05) is 26.2 Å². The lowest BCUT2D eigenvalue weighted by atomic mass is 10.1. The number of non-ortho nitro benzene ring substituents is 1. The summed E-state index contributed by atoms with van der Waals surface area (Å²) in [5.41, 5.74) is 0.641. The number of nitro groups is 1. The molecule has 124 valence electrons. The second kappa shape index (κ2) is 6.53. The third-order valence-corrected chi connectivity index (χ3v) is 3.93. The van der Waals surface area contributed by atoms with Crippen LogP contribution in [-0.2, 0) is 0 Å². The Morgan fingerprint density at radius 1 is 1.00 bits per heavy atom. The van der Waals surface area contributed by atoms with E-state index in [1.165, 1.54) is 30.7 Å². The summed E-state index contributed by atoms with van der Waals surface area (Å²) in [5, 5.41) is 10.8. The number of carbonyl (C=O) groups is 2. The molecule has 0 bridgehead atoms. The number of furan rings is 1. The van der Waals surface area contributed by atoms with Gasteiger partial charge in [-0.15, -0.1) is 0 Å². The van der Waals surface area contributed by atoms with E-state index in [1.54, 1.807) is 21.9 Å². The summed E-state index contributed by atoms with van der Waals surface area (Å²) < 4.78 is 4.91. The van der Waals surface area contributed by atoms with Crippen LogP contribution in [0.4, 0.5) is 5.69 Å². The molecule has 2 amide bonds. The minimum atomic E-state index is -0.529. The van der Waals surface area contributed by atoms with Crippen LogP contribution in [0.2, 0.25) is 0 Å². The molecule has 8 nitrogen and oxygen atoms in total. The SMILES string of the molecule is O=C(c1ccoc1)N1CCN(C(=O)c2cccc([N+](=O)[O-])c2)CC1. The first-order valence-corrected chi connectivity index (χ1v) is 7.41. The van der Waals surface area contributed by atoms with Gasteiger partial charge in [0, 0.05) is 43.9 Å². The molecule has 0 saturated carbocycles. The Balaban J connectivity index is 1.64. The van der Waals surface area contributed by atoms with Crippen molar-refractivity contribution in [2.45, 2.75) is 0 Å². The summed E-state index contributed by atoms with van der Waals surface area (Å²) in [6.07, 6.45) is 2.83. The lowest BCUT2D eigenvalue weighted by Crippen LogP contribution is -2.50. The molecule has 24 heavy (non-hydrogen) atoms. The van der Waals surface area contributed by atoms with Gasteiger partial charge in [0.1, 0.15) is 6.26 Å². The van der Waals surface area contributed by atoms with Crippen molar-refractivity contribution in [3.05, 3.63) is 64.1 Å². The first kappa shape index (κ1) is 15.7. The van der Waals surface area contributed by atoms with Crippen molar-refractivity contribution in [3.8, 4) is 0 Å². The molecule has 0 aliphatic carbocycles. The van der Waals surface area contributed by atoms with Gasteiger partial charge in [-0.3, -0.25) is 19.7 Å². The van der Waals surface area contributed by atoms with Gasteiger partial charge in [0.25, 0.3) is 17.5 Å². The summed E-state index contributed by atoms with van der Waals surface area (Å²) in [5.74, 6) is -0.402. The first-order chi connectivity index (χ1) is 11.6. The Kier molecular flexibility index (Phi) is 4.28. The summed E-state index contributed by atoms with van der Waals surface area (Å²) in [6, 6.07) is 7.26. The Hall–Kier alpha value is -3.16. The highest BCUT2D eigenvalue weighted by molar-refractivity contribution is 5.96. The standard InChI is InChI=1S/C16H15N3O5/c20-15(12-2-1-3-14(10-12)19(22)23)17-5-7-18(8-6-17)16(21)13-4-9-24-11-13/h1-4,9-11H,5-8H2. The summed E-state index contributed by atoms with van der Waals surface area (Å²) in [6.45, 7) is 1.57. The second-order valence-electron chi connectivity index (χ2n) is 5.40. The Bertz CT molecular complexity index is 764. The normalized spacial score (nSPS) is 14.5. The molecule has 0 N–H and O–H groups in total. The van der Waals surface area contributed by atoms with Gasteiger partial charge < -0.3 is 14.2 Å². The highest BCUT2D eigenvalue weighted by Gasteiger charge is 2.26. The van der Waals surface area contributed by atoms with Crippen LogP contribution >= 0.6 is 0 Å². The maximum Gasteiger partial charge on any atom is 0.270 e. The lowest BCUT2D eigenvalue weighted by Gasteiger charge is -2.34. The number of hydrogen-bond acceptors (Lipinski definition) is 5. The average molecular weight is 329 g/mol. The zero-order chi connectivity index (χ0) is 17.1. The van der Waals surface area contributed by atoms with Crippen LogP contribution in [0, 0.1) is 10.1 Å². The van der Waals surface area contributed by atoms with Gasteiger partial charge in [0.15, 0.2) is 0 Å². The van der Waals surface area contributed by atoms with Gasteiger partial charge >= 0.3 is 0 Å². The molecule has 1 aliphatic heterocycles. The highest BCUT2D eigenvalue weighted by atomic mass is 16.6. The van der Waals surface area contributed by atoms with E-state index in [2.05, 4.69) is 0 Å². The molecule has 8 heteroatoms. The van der Waals surface area contributed by atoms with E-state index in [0.717, 1.165) is 0 Å².